The average Bonchev–Trinajstić information content (AvgIpc) is 3.02. The van der Waals surface area contributed by atoms with E-state index in [0.717, 1.165) is 5.56 Å². The molecule has 0 spiro atoms. The average molecular weight is 289 g/mol. The Bertz CT molecular complexity index is 573. The van der Waals surface area contributed by atoms with Crippen LogP contribution in [0, 0.1) is 0 Å². The molecule has 2 aromatic rings. The molecule has 0 aliphatic carbocycles. The maximum absolute atomic E-state index is 11.3. The van der Waals surface area contributed by atoms with Gasteiger partial charge >= 0.3 is 5.97 Å². The smallest absolute Gasteiger partial charge is 0.337 e. The summed E-state index contributed by atoms with van der Waals surface area (Å²) in [6.45, 7) is 2.64. The molecule has 1 heterocycles. The normalized spacial score (nSPS) is 13.7. The summed E-state index contributed by atoms with van der Waals surface area (Å²) in [5.41, 5.74) is 0.469. The van der Waals surface area contributed by atoms with Gasteiger partial charge in [0.05, 0.1) is 18.9 Å². The molecule has 0 saturated carbocycles. The third-order valence-electron chi connectivity index (χ3n) is 3.23. The number of nitrogens with one attached hydrogen (secondary N) is 1. The van der Waals surface area contributed by atoms with E-state index in [1.165, 1.54) is 13.4 Å². The number of ether oxygens (including phenoxy) is 1. The van der Waals surface area contributed by atoms with Crippen LogP contribution in [0.2, 0.25) is 0 Å². The van der Waals surface area contributed by atoms with Crippen molar-refractivity contribution in [3.8, 4) is 0 Å². The summed E-state index contributed by atoms with van der Waals surface area (Å²) in [6.07, 6.45) is 1.54. The highest BCUT2D eigenvalue weighted by Crippen LogP contribution is 2.19. The van der Waals surface area contributed by atoms with E-state index in [1.54, 1.807) is 31.2 Å². The maximum Gasteiger partial charge on any atom is 0.337 e. The minimum atomic E-state index is -1.06. The van der Waals surface area contributed by atoms with Crippen LogP contribution in [0.4, 0.5) is 0 Å². The molecule has 0 radical (unpaired) electrons. The number of rotatable bonds is 6. The van der Waals surface area contributed by atoms with Crippen LogP contribution in [-0.4, -0.2) is 24.7 Å². The first-order valence-corrected chi connectivity index (χ1v) is 6.67. The summed E-state index contributed by atoms with van der Waals surface area (Å²) >= 11 is 0. The lowest BCUT2D eigenvalue weighted by molar-refractivity contribution is 0.0340. The summed E-state index contributed by atoms with van der Waals surface area (Å²) in [5.74, 6) is 0.173. The van der Waals surface area contributed by atoms with Crippen molar-refractivity contribution in [1.82, 2.24) is 5.32 Å². The SMILES string of the molecule is COC(=O)c1ccc(CNCC(C)(O)c2ccco2)cc1. The monoisotopic (exact) mass is 289 g/mol. The van der Waals surface area contributed by atoms with Gasteiger partial charge in [-0.25, -0.2) is 4.79 Å². The van der Waals surface area contributed by atoms with Gasteiger partial charge in [-0.1, -0.05) is 12.1 Å². The number of carbonyl (C=O) groups is 1. The van der Waals surface area contributed by atoms with Gasteiger partial charge in [-0.05, 0) is 36.8 Å². The first kappa shape index (κ1) is 15.3. The van der Waals surface area contributed by atoms with Crippen LogP contribution in [0.25, 0.3) is 0 Å². The molecule has 1 aromatic heterocycles. The molecule has 1 aromatic carbocycles. The second kappa shape index (κ2) is 6.56. The van der Waals surface area contributed by atoms with Crippen LogP contribution in [-0.2, 0) is 16.9 Å². The molecular formula is C16H19NO4. The number of hydrogen-bond donors (Lipinski definition) is 2. The molecule has 0 saturated heterocycles. The predicted octanol–water partition coefficient (Wildman–Crippen LogP) is 2.06. The molecule has 0 amide bonds. The summed E-state index contributed by atoms with van der Waals surface area (Å²) in [6, 6.07) is 10.6. The number of carbonyl (C=O) groups excluding carboxylic acids is 1. The van der Waals surface area contributed by atoms with Crippen molar-refractivity contribution in [2.45, 2.75) is 19.1 Å². The summed E-state index contributed by atoms with van der Waals surface area (Å²) in [7, 11) is 1.36. The molecular weight excluding hydrogens is 270 g/mol. The summed E-state index contributed by atoms with van der Waals surface area (Å²) in [4.78, 5) is 11.3. The van der Waals surface area contributed by atoms with Crippen LogP contribution in [0.5, 0.6) is 0 Å². The van der Waals surface area contributed by atoms with Gasteiger partial charge in [0.25, 0.3) is 0 Å². The van der Waals surface area contributed by atoms with E-state index in [-0.39, 0.29) is 5.97 Å². The van der Waals surface area contributed by atoms with Gasteiger partial charge in [0.2, 0.25) is 0 Å². The Morgan fingerprint density at radius 2 is 2.05 bits per heavy atom. The van der Waals surface area contributed by atoms with E-state index in [4.69, 9.17) is 4.42 Å². The molecule has 5 nitrogen and oxygen atoms in total. The van der Waals surface area contributed by atoms with E-state index in [9.17, 15) is 9.90 Å². The Morgan fingerprint density at radius 1 is 1.33 bits per heavy atom. The van der Waals surface area contributed by atoms with Crippen molar-refractivity contribution in [2.75, 3.05) is 13.7 Å². The summed E-state index contributed by atoms with van der Waals surface area (Å²) in [5, 5.41) is 13.5. The van der Waals surface area contributed by atoms with E-state index in [1.807, 2.05) is 12.1 Å². The molecule has 2 rings (SSSR count). The molecule has 0 fully saturated rings. The quantitative estimate of drug-likeness (QED) is 0.796. The molecule has 0 aliphatic heterocycles. The van der Waals surface area contributed by atoms with Gasteiger partial charge < -0.3 is 19.6 Å². The Hall–Kier alpha value is -2.11. The number of aliphatic hydroxyl groups is 1. The van der Waals surface area contributed by atoms with Crippen molar-refractivity contribution >= 4 is 5.97 Å². The van der Waals surface area contributed by atoms with Crippen LogP contribution in [0.15, 0.2) is 47.1 Å². The second-order valence-corrected chi connectivity index (χ2v) is 5.04. The van der Waals surface area contributed by atoms with Crippen molar-refractivity contribution in [3.05, 3.63) is 59.5 Å². The molecule has 21 heavy (non-hydrogen) atoms. The fraction of sp³-hybridized carbons (Fsp3) is 0.312. The lowest BCUT2D eigenvalue weighted by atomic mass is 10.0. The molecule has 2 N–H and O–H groups in total. The van der Waals surface area contributed by atoms with Crippen molar-refractivity contribution in [3.63, 3.8) is 0 Å². The fourth-order valence-corrected chi connectivity index (χ4v) is 2.00. The minimum Gasteiger partial charge on any atom is -0.466 e. The number of esters is 1. The number of furan rings is 1. The molecule has 1 unspecified atom stereocenters. The van der Waals surface area contributed by atoms with Gasteiger partial charge in [0.15, 0.2) is 0 Å². The zero-order valence-electron chi connectivity index (χ0n) is 12.1. The Labute approximate surface area is 123 Å². The predicted molar refractivity (Wildman–Crippen MR) is 77.8 cm³/mol. The Kier molecular flexibility index (Phi) is 4.77. The Balaban J connectivity index is 1.87. The lowest BCUT2D eigenvalue weighted by Crippen LogP contribution is -2.34. The topological polar surface area (TPSA) is 71.7 Å². The molecule has 112 valence electrons. The van der Waals surface area contributed by atoms with E-state index < -0.39 is 5.60 Å². The zero-order valence-corrected chi connectivity index (χ0v) is 12.1. The van der Waals surface area contributed by atoms with Gasteiger partial charge in [0, 0.05) is 13.1 Å². The molecule has 0 bridgehead atoms. The van der Waals surface area contributed by atoms with Crippen LogP contribution >= 0.6 is 0 Å². The second-order valence-electron chi connectivity index (χ2n) is 5.04. The fourth-order valence-electron chi connectivity index (χ4n) is 2.00. The van der Waals surface area contributed by atoms with Crippen LogP contribution in [0.1, 0.15) is 28.6 Å². The third-order valence-corrected chi connectivity index (χ3v) is 3.23. The van der Waals surface area contributed by atoms with Crippen molar-refractivity contribution in [1.29, 1.82) is 0 Å². The zero-order chi connectivity index (χ0) is 15.3. The van der Waals surface area contributed by atoms with Gasteiger partial charge in [-0.3, -0.25) is 0 Å². The van der Waals surface area contributed by atoms with Gasteiger partial charge in [-0.15, -0.1) is 0 Å². The third kappa shape index (κ3) is 3.93. The summed E-state index contributed by atoms with van der Waals surface area (Å²) < 4.78 is 9.86. The van der Waals surface area contributed by atoms with Crippen LogP contribution in [0.3, 0.4) is 0 Å². The molecule has 0 aliphatic rings. The molecule has 1 atom stereocenters. The van der Waals surface area contributed by atoms with Crippen molar-refractivity contribution < 1.29 is 19.1 Å². The first-order valence-electron chi connectivity index (χ1n) is 6.67. The Morgan fingerprint density at radius 3 is 2.62 bits per heavy atom. The van der Waals surface area contributed by atoms with E-state index in [0.29, 0.717) is 24.4 Å². The van der Waals surface area contributed by atoms with Crippen molar-refractivity contribution in [2.24, 2.45) is 0 Å². The number of hydrogen-bond acceptors (Lipinski definition) is 5. The van der Waals surface area contributed by atoms with Gasteiger partial charge in [-0.2, -0.15) is 0 Å². The molecule has 5 heteroatoms. The maximum atomic E-state index is 11.3. The highest BCUT2D eigenvalue weighted by molar-refractivity contribution is 5.89. The lowest BCUT2D eigenvalue weighted by Gasteiger charge is -2.21. The van der Waals surface area contributed by atoms with Gasteiger partial charge in [0.1, 0.15) is 11.4 Å². The van der Waals surface area contributed by atoms with E-state index in [2.05, 4.69) is 10.1 Å². The van der Waals surface area contributed by atoms with E-state index >= 15 is 0 Å². The first-order chi connectivity index (χ1) is 10.0. The number of methoxy groups -OCH3 is 1. The minimum absolute atomic E-state index is 0.352. The largest absolute Gasteiger partial charge is 0.466 e. The highest BCUT2D eigenvalue weighted by atomic mass is 16.5. The van der Waals surface area contributed by atoms with Crippen LogP contribution < -0.4 is 5.32 Å². The standard InChI is InChI=1S/C16H19NO4/c1-16(19,14-4-3-9-21-14)11-17-10-12-5-7-13(8-6-12)15(18)20-2/h3-9,17,19H,10-11H2,1-2H3. The highest BCUT2D eigenvalue weighted by Gasteiger charge is 2.25. The number of benzene rings is 1.